The third-order valence-electron chi connectivity index (χ3n) is 2.72. The highest BCUT2D eigenvalue weighted by atomic mass is 35.5. The van der Waals surface area contributed by atoms with E-state index in [1.165, 1.54) is 24.3 Å². The van der Waals surface area contributed by atoms with Crippen LogP contribution in [0.25, 0.3) is 0 Å². The van der Waals surface area contributed by atoms with Crippen molar-refractivity contribution in [1.29, 1.82) is 0 Å². The standard InChI is InChI=1S/C14H10ClFN2O3/c15-11-3-2-8(6-9(11)14(20)21)18-12-4-1-7(16)5-10(12)13(17)19/h1-6,18H,(H2,17,19)(H,20,21). The molecule has 7 heteroatoms. The molecule has 0 spiro atoms. The number of hydrogen-bond donors (Lipinski definition) is 3. The van der Waals surface area contributed by atoms with Gasteiger partial charge in [0.1, 0.15) is 5.82 Å². The zero-order valence-electron chi connectivity index (χ0n) is 10.6. The Labute approximate surface area is 124 Å². The third-order valence-corrected chi connectivity index (χ3v) is 3.05. The number of aromatic carboxylic acids is 1. The van der Waals surface area contributed by atoms with E-state index >= 15 is 0 Å². The number of hydrogen-bond acceptors (Lipinski definition) is 3. The van der Waals surface area contributed by atoms with Crippen molar-refractivity contribution in [1.82, 2.24) is 0 Å². The number of nitrogens with two attached hydrogens (primary N) is 1. The molecule has 2 aromatic carbocycles. The van der Waals surface area contributed by atoms with Crippen LogP contribution in [0.2, 0.25) is 5.02 Å². The molecule has 2 aromatic rings. The van der Waals surface area contributed by atoms with Crippen molar-refractivity contribution in [2.24, 2.45) is 5.73 Å². The lowest BCUT2D eigenvalue weighted by molar-refractivity contribution is 0.0697. The smallest absolute Gasteiger partial charge is 0.337 e. The molecule has 0 aromatic heterocycles. The first-order valence-electron chi connectivity index (χ1n) is 5.77. The predicted octanol–water partition coefficient (Wildman–Crippen LogP) is 3.02. The largest absolute Gasteiger partial charge is 0.478 e. The molecule has 108 valence electrons. The lowest BCUT2D eigenvalue weighted by atomic mass is 10.1. The summed E-state index contributed by atoms with van der Waals surface area (Å²) in [5.41, 5.74) is 5.69. The summed E-state index contributed by atoms with van der Waals surface area (Å²) in [6, 6.07) is 7.73. The van der Waals surface area contributed by atoms with Crippen LogP contribution in [0.5, 0.6) is 0 Å². The van der Waals surface area contributed by atoms with Crippen LogP contribution in [0.15, 0.2) is 36.4 Å². The molecule has 2 rings (SSSR count). The van der Waals surface area contributed by atoms with Gasteiger partial charge in [-0.3, -0.25) is 4.79 Å². The Morgan fingerprint density at radius 3 is 2.48 bits per heavy atom. The van der Waals surface area contributed by atoms with Crippen molar-refractivity contribution in [3.05, 3.63) is 58.4 Å². The van der Waals surface area contributed by atoms with Crippen LogP contribution < -0.4 is 11.1 Å². The van der Waals surface area contributed by atoms with E-state index in [4.69, 9.17) is 22.4 Å². The van der Waals surface area contributed by atoms with Crippen molar-refractivity contribution in [2.45, 2.75) is 0 Å². The van der Waals surface area contributed by atoms with E-state index in [-0.39, 0.29) is 21.8 Å². The maximum absolute atomic E-state index is 13.1. The molecule has 0 bridgehead atoms. The minimum Gasteiger partial charge on any atom is -0.478 e. The summed E-state index contributed by atoms with van der Waals surface area (Å²) in [7, 11) is 0. The fraction of sp³-hybridized carbons (Fsp3) is 0. The van der Waals surface area contributed by atoms with Gasteiger partial charge in [0.2, 0.25) is 0 Å². The average Bonchev–Trinajstić information content (AvgIpc) is 2.42. The monoisotopic (exact) mass is 308 g/mol. The molecule has 5 nitrogen and oxygen atoms in total. The summed E-state index contributed by atoms with van der Waals surface area (Å²) in [5, 5.41) is 11.9. The summed E-state index contributed by atoms with van der Waals surface area (Å²) >= 11 is 5.76. The number of nitrogens with one attached hydrogen (secondary N) is 1. The molecule has 4 N–H and O–H groups in total. The highest BCUT2D eigenvalue weighted by Gasteiger charge is 2.12. The van der Waals surface area contributed by atoms with Gasteiger partial charge >= 0.3 is 5.97 Å². The quantitative estimate of drug-likeness (QED) is 0.809. The van der Waals surface area contributed by atoms with Gasteiger partial charge in [-0.2, -0.15) is 0 Å². The highest BCUT2D eigenvalue weighted by Crippen LogP contribution is 2.25. The van der Waals surface area contributed by atoms with Gasteiger partial charge in [0.15, 0.2) is 0 Å². The zero-order valence-corrected chi connectivity index (χ0v) is 11.3. The van der Waals surface area contributed by atoms with Gasteiger partial charge in [0.25, 0.3) is 5.91 Å². The van der Waals surface area contributed by atoms with Gasteiger partial charge in [0, 0.05) is 5.69 Å². The van der Waals surface area contributed by atoms with E-state index in [0.29, 0.717) is 5.69 Å². The number of amides is 1. The second-order valence-corrected chi connectivity index (χ2v) is 4.59. The normalized spacial score (nSPS) is 10.2. The van der Waals surface area contributed by atoms with Crippen LogP contribution in [0.4, 0.5) is 15.8 Å². The fourth-order valence-electron chi connectivity index (χ4n) is 1.75. The number of rotatable bonds is 4. The molecule has 1 amide bonds. The molecule has 0 unspecified atom stereocenters. The van der Waals surface area contributed by atoms with Crippen molar-refractivity contribution >= 4 is 34.9 Å². The van der Waals surface area contributed by atoms with Crippen LogP contribution in [0.1, 0.15) is 20.7 Å². The van der Waals surface area contributed by atoms with E-state index in [2.05, 4.69) is 5.32 Å². The van der Waals surface area contributed by atoms with E-state index in [9.17, 15) is 14.0 Å². The Balaban J connectivity index is 2.41. The first-order chi connectivity index (χ1) is 9.88. The molecule has 0 atom stereocenters. The predicted molar refractivity (Wildman–Crippen MR) is 76.6 cm³/mol. The van der Waals surface area contributed by atoms with E-state index < -0.39 is 17.7 Å². The van der Waals surface area contributed by atoms with E-state index in [1.54, 1.807) is 0 Å². The van der Waals surface area contributed by atoms with Crippen molar-refractivity contribution in [3.8, 4) is 0 Å². The number of halogens is 2. The lowest BCUT2D eigenvalue weighted by Crippen LogP contribution is -2.13. The van der Waals surface area contributed by atoms with E-state index in [0.717, 1.165) is 12.1 Å². The molecular formula is C14H10ClFN2O3. The fourth-order valence-corrected chi connectivity index (χ4v) is 1.95. The highest BCUT2D eigenvalue weighted by molar-refractivity contribution is 6.33. The summed E-state index contributed by atoms with van der Waals surface area (Å²) in [6.07, 6.45) is 0. The summed E-state index contributed by atoms with van der Waals surface area (Å²) < 4.78 is 13.1. The van der Waals surface area contributed by atoms with Crippen molar-refractivity contribution < 1.29 is 19.1 Å². The van der Waals surface area contributed by atoms with Gasteiger partial charge < -0.3 is 16.2 Å². The Hall–Kier alpha value is -2.60. The second kappa shape index (κ2) is 5.80. The van der Waals surface area contributed by atoms with E-state index in [1.807, 2.05) is 0 Å². The minimum atomic E-state index is -1.18. The SMILES string of the molecule is NC(=O)c1cc(F)ccc1Nc1ccc(Cl)c(C(=O)O)c1. The zero-order chi connectivity index (χ0) is 15.6. The van der Waals surface area contributed by atoms with Crippen LogP contribution in [-0.2, 0) is 0 Å². The lowest BCUT2D eigenvalue weighted by Gasteiger charge is -2.11. The second-order valence-electron chi connectivity index (χ2n) is 4.18. The maximum atomic E-state index is 13.1. The van der Waals surface area contributed by atoms with Gasteiger partial charge in [-0.25, -0.2) is 9.18 Å². The van der Waals surface area contributed by atoms with Crippen molar-refractivity contribution in [2.75, 3.05) is 5.32 Å². The Kier molecular flexibility index (Phi) is 4.09. The molecule has 21 heavy (non-hydrogen) atoms. The number of carboxylic acids is 1. The van der Waals surface area contributed by atoms with Crippen LogP contribution in [-0.4, -0.2) is 17.0 Å². The molecule has 0 saturated carbocycles. The van der Waals surface area contributed by atoms with Gasteiger partial charge in [-0.15, -0.1) is 0 Å². The van der Waals surface area contributed by atoms with Gasteiger partial charge in [-0.1, -0.05) is 11.6 Å². The summed E-state index contributed by atoms with van der Waals surface area (Å²) in [6.45, 7) is 0. The van der Waals surface area contributed by atoms with Gasteiger partial charge in [-0.05, 0) is 36.4 Å². The number of carbonyl (C=O) groups is 2. The minimum absolute atomic E-state index is 0.0400. The first kappa shape index (κ1) is 14.8. The number of carboxylic acid groups (broad SMARTS) is 1. The van der Waals surface area contributed by atoms with Crippen LogP contribution in [0.3, 0.4) is 0 Å². The molecular weight excluding hydrogens is 299 g/mol. The Morgan fingerprint density at radius 2 is 1.86 bits per heavy atom. The molecule has 0 aliphatic heterocycles. The van der Waals surface area contributed by atoms with Crippen LogP contribution in [0, 0.1) is 5.82 Å². The Bertz CT molecular complexity index is 734. The molecule has 0 aliphatic rings. The first-order valence-corrected chi connectivity index (χ1v) is 6.15. The van der Waals surface area contributed by atoms with Crippen molar-refractivity contribution in [3.63, 3.8) is 0 Å². The summed E-state index contributed by atoms with van der Waals surface area (Å²) in [4.78, 5) is 22.3. The molecule has 0 fully saturated rings. The number of anilines is 2. The number of primary amides is 1. The third kappa shape index (κ3) is 3.29. The molecule has 0 aliphatic carbocycles. The Morgan fingerprint density at radius 1 is 1.14 bits per heavy atom. The summed E-state index contributed by atoms with van der Waals surface area (Å²) in [5.74, 6) is -2.58. The average molecular weight is 309 g/mol. The topological polar surface area (TPSA) is 92.4 Å². The molecule has 0 heterocycles. The molecule has 0 saturated heterocycles. The van der Waals surface area contributed by atoms with Gasteiger partial charge in [0.05, 0.1) is 21.8 Å². The maximum Gasteiger partial charge on any atom is 0.337 e. The van der Waals surface area contributed by atoms with Crippen LogP contribution >= 0.6 is 11.6 Å². The number of benzene rings is 2. The molecule has 0 radical (unpaired) electrons. The number of carbonyl (C=O) groups excluding carboxylic acids is 1.